The molecular formula is C19H16N2O4. The van der Waals surface area contributed by atoms with Crippen LogP contribution in [0.25, 0.3) is 11.0 Å². The van der Waals surface area contributed by atoms with Crippen LogP contribution in [0.1, 0.15) is 22.2 Å². The minimum Gasteiger partial charge on any atom is -0.451 e. The van der Waals surface area contributed by atoms with Gasteiger partial charge in [0.25, 0.3) is 5.91 Å². The normalized spacial score (nSPS) is 17.6. The van der Waals surface area contributed by atoms with Crippen molar-refractivity contribution in [2.75, 3.05) is 19.7 Å². The van der Waals surface area contributed by atoms with Gasteiger partial charge in [0.15, 0.2) is 11.2 Å². The summed E-state index contributed by atoms with van der Waals surface area (Å²) in [5.74, 6) is -0.254. The number of hydrogen-bond donors (Lipinski definition) is 0. The van der Waals surface area contributed by atoms with Crippen molar-refractivity contribution in [1.82, 2.24) is 9.88 Å². The number of nitrogens with zero attached hydrogens (tertiary/aromatic N) is 2. The zero-order chi connectivity index (χ0) is 17.2. The zero-order valence-electron chi connectivity index (χ0n) is 13.4. The lowest BCUT2D eigenvalue weighted by molar-refractivity contribution is -0.0239. The first kappa shape index (κ1) is 15.5. The second kappa shape index (κ2) is 6.49. The van der Waals surface area contributed by atoms with Crippen LogP contribution in [-0.4, -0.2) is 35.5 Å². The van der Waals surface area contributed by atoms with E-state index in [0.29, 0.717) is 30.7 Å². The lowest BCUT2D eigenvalue weighted by atomic mass is 10.1. The fourth-order valence-corrected chi connectivity index (χ4v) is 2.97. The second-order valence-electron chi connectivity index (χ2n) is 5.87. The maximum atomic E-state index is 12.8. The van der Waals surface area contributed by atoms with Gasteiger partial charge in [0.1, 0.15) is 11.7 Å². The molecule has 1 amide bonds. The molecule has 1 aromatic carbocycles. The second-order valence-corrected chi connectivity index (χ2v) is 5.87. The van der Waals surface area contributed by atoms with E-state index in [1.165, 1.54) is 6.07 Å². The number of hydrogen-bond acceptors (Lipinski definition) is 5. The molecule has 25 heavy (non-hydrogen) atoms. The molecule has 2 aromatic heterocycles. The SMILES string of the molecule is O=C(c1cc(=O)c2ccccc2o1)N1CCO[C@@H](c2cccnc2)C1. The molecule has 3 heterocycles. The van der Waals surface area contributed by atoms with Crippen molar-refractivity contribution in [2.24, 2.45) is 0 Å². The summed E-state index contributed by atoms with van der Waals surface area (Å²) in [7, 11) is 0. The van der Waals surface area contributed by atoms with E-state index in [1.54, 1.807) is 41.6 Å². The summed E-state index contributed by atoms with van der Waals surface area (Å²) in [4.78, 5) is 30.7. The molecule has 0 spiro atoms. The Kier molecular flexibility index (Phi) is 4.03. The van der Waals surface area contributed by atoms with Gasteiger partial charge in [0, 0.05) is 30.6 Å². The maximum Gasteiger partial charge on any atom is 0.289 e. The third kappa shape index (κ3) is 3.04. The van der Waals surface area contributed by atoms with Crippen LogP contribution in [-0.2, 0) is 4.74 Å². The number of carbonyl (C=O) groups excluding carboxylic acids is 1. The molecule has 0 aliphatic carbocycles. The number of para-hydroxylation sites is 1. The van der Waals surface area contributed by atoms with Crippen LogP contribution in [0.2, 0.25) is 0 Å². The van der Waals surface area contributed by atoms with Gasteiger partial charge in [-0.1, -0.05) is 18.2 Å². The van der Waals surface area contributed by atoms with Gasteiger partial charge >= 0.3 is 0 Å². The first-order valence-corrected chi connectivity index (χ1v) is 8.06. The third-order valence-electron chi connectivity index (χ3n) is 4.26. The van der Waals surface area contributed by atoms with Gasteiger partial charge in [0.05, 0.1) is 18.5 Å². The number of morpholine rings is 1. The number of fused-ring (bicyclic) bond motifs is 1. The smallest absolute Gasteiger partial charge is 0.289 e. The fraction of sp³-hybridized carbons (Fsp3) is 0.211. The first-order chi connectivity index (χ1) is 12.2. The van der Waals surface area contributed by atoms with Crippen LogP contribution in [0.15, 0.2) is 64.1 Å². The number of aromatic nitrogens is 1. The molecule has 6 nitrogen and oxygen atoms in total. The van der Waals surface area contributed by atoms with E-state index in [-0.39, 0.29) is 23.2 Å². The lowest BCUT2D eigenvalue weighted by Crippen LogP contribution is -2.42. The lowest BCUT2D eigenvalue weighted by Gasteiger charge is -2.32. The van der Waals surface area contributed by atoms with Crippen molar-refractivity contribution in [3.63, 3.8) is 0 Å². The van der Waals surface area contributed by atoms with Crippen LogP contribution in [0.3, 0.4) is 0 Å². The van der Waals surface area contributed by atoms with Crippen molar-refractivity contribution in [1.29, 1.82) is 0 Å². The van der Waals surface area contributed by atoms with E-state index in [1.807, 2.05) is 12.1 Å². The summed E-state index contributed by atoms with van der Waals surface area (Å²) < 4.78 is 11.4. The van der Waals surface area contributed by atoms with Gasteiger partial charge in [-0.15, -0.1) is 0 Å². The summed E-state index contributed by atoms with van der Waals surface area (Å²) in [5.41, 5.74) is 1.11. The molecule has 0 radical (unpaired) electrons. The Morgan fingerprint density at radius 1 is 1.20 bits per heavy atom. The Balaban J connectivity index is 1.61. The molecule has 1 saturated heterocycles. The minimum atomic E-state index is -0.306. The zero-order valence-corrected chi connectivity index (χ0v) is 13.4. The van der Waals surface area contributed by atoms with Crippen molar-refractivity contribution in [3.8, 4) is 0 Å². The summed E-state index contributed by atoms with van der Waals surface area (Å²) in [6.45, 7) is 1.26. The van der Waals surface area contributed by atoms with Gasteiger partial charge in [-0.05, 0) is 18.2 Å². The van der Waals surface area contributed by atoms with Crippen LogP contribution in [0, 0.1) is 0 Å². The average Bonchev–Trinajstić information content (AvgIpc) is 2.68. The Morgan fingerprint density at radius 3 is 2.92 bits per heavy atom. The number of pyridine rings is 1. The quantitative estimate of drug-likeness (QED) is 0.718. The monoisotopic (exact) mass is 336 g/mol. The Hall–Kier alpha value is -2.99. The summed E-state index contributed by atoms with van der Waals surface area (Å²) in [5, 5.41) is 0.467. The predicted octanol–water partition coefficient (Wildman–Crippen LogP) is 2.40. The summed E-state index contributed by atoms with van der Waals surface area (Å²) >= 11 is 0. The Labute approximate surface area is 143 Å². The number of carbonyl (C=O) groups is 1. The van der Waals surface area contributed by atoms with Crippen molar-refractivity contribution >= 4 is 16.9 Å². The highest BCUT2D eigenvalue weighted by Gasteiger charge is 2.28. The van der Waals surface area contributed by atoms with Gasteiger partial charge in [-0.3, -0.25) is 14.6 Å². The van der Waals surface area contributed by atoms with Crippen LogP contribution < -0.4 is 5.43 Å². The highest BCUT2D eigenvalue weighted by Crippen LogP contribution is 2.23. The van der Waals surface area contributed by atoms with Gasteiger partial charge in [-0.2, -0.15) is 0 Å². The molecule has 0 unspecified atom stereocenters. The molecule has 4 rings (SSSR count). The van der Waals surface area contributed by atoms with Crippen LogP contribution in [0.4, 0.5) is 0 Å². The molecule has 1 aliphatic rings. The first-order valence-electron chi connectivity index (χ1n) is 8.06. The molecule has 6 heteroatoms. The highest BCUT2D eigenvalue weighted by molar-refractivity contribution is 5.93. The predicted molar refractivity (Wildman–Crippen MR) is 91.3 cm³/mol. The summed E-state index contributed by atoms with van der Waals surface area (Å²) in [6.07, 6.45) is 3.19. The molecule has 1 fully saturated rings. The van der Waals surface area contributed by atoms with E-state index < -0.39 is 0 Å². The molecular weight excluding hydrogens is 320 g/mol. The Morgan fingerprint density at radius 2 is 2.08 bits per heavy atom. The van der Waals surface area contributed by atoms with Crippen LogP contribution >= 0.6 is 0 Å². The maximum absolute atomic E-state index is 12.8. The van der Waals surface area contributed by atoms with Gasteiger partial charge in [0.2, 0.25) is 0 Å². The molecule has 126 valence electrons. The van der Waals surface area contributed by atoms with Crippen molar-refractivity contribution in [3.05, 3.63) is 76.4 Å². The molecule has 0 N–H and O–H groups in total. The van der Waals surface area contributed by atoms with E-state index in [0.717, 1.165) is 5.56 Å². The van der Waals surface area contributed by atoms with Crippen molar-refractivity contribution in [2.45, 2.75) is 6.10 Å². The van der Waals surface area contributed by atoms with E-state index in [4.69, 9.17) is 9.15 Å². The minimum absolute atomic E-state index is 0.0514. The van der Waals surface area contributed by atoms with E-state index in [2.05, 4.69) is 4.98 Å². The fourth-order valence-electron chi connectivity index (χ4n) is 2.97. The van der Waals surface area contributed by atoms with Crippen molar-refractivity contribution < 1.29 is 13.9 Å². The topological polar surface area (TPSA) is 72.6 Å². The number of ether oxygens (including phenoxy) is 1. The molecule has 1 aliphatic heterocycles. The van der Waals surface area contributed by atoms with Gasteiger partial charge in [-0.25, -0.2) is 0 Å². The summed E-state index contributed by atoms with van der Waals surface area (Å²) in [6, 6.07) is 11.9. The Bertz CT molecular complexity index is 968. The van der Waals surface area contributed by atoms with E-state index in [9.17, 15) is 9.59 Å². The number of amides is 1. The number of rotatable bonds is 2. The highest BCUT2D eigenvalue weighted by atomic mass is 16.5. The van der Waals surface area contributed by atoms with Crippen LogP contribution in [0.5, 0.6) is 0 Å². The standard InChI is InChI=1S/C19H16N2O4/c22-15-10-17(25-16-6-2-1-5-14(15)16)19(23)21-8-9-24-18(12-21)13-4-3-7-20-11-13/h1-7,10-11,18H,8-9,12H2/t18-/m1/s1. The largest absolute Gasteiger partial charge is 0.451 e. The van der Waals surface area contributed by atoms with E-state index >= 15 is 0 Å². The molecule has 3 aromatic rings. The molecule has 1 atom stereocenters. The number of benzene rings is 1. The third-order valence-corrected chi connectivity index (χ3v) is 4.26. The van der Waals surface area contributed by atoms with Gasteiger partial charge < -0.3 is 14.1 Å². The molecule has 0 saturated carbocycles. The molecule has 0 bridgehead atoms. The average molecular weight is 336 g/mol.